The van der Waals surface area contributed by atoms with Gasteiger partial charge in [-0.1, -0.05) is 24.8 Å². The van der Waals surface area contributed by atoms with Crippen LogP contribution in [0.3, 0.4) is 0 Å². The lowest BCUT2D eigenvalue weighted by Gasteiger charge is -2.36. The molecule has 0 saturated carbocycles. The van der Waals surface area contributed by atoms with E-state index in [4.69, 9.17) is 18.9 Å². The number of esters is 1. The second kappa shape index (κ2) is 12.1. The molecule has 1 N–H and O–H groups in total. The first kappa shape index (κ1) is 26.6. The van der Waals surface area contributed by atoms with E-state index in [1.54, 1.807) is 34.3 Å². The molecule has 3 rings (SSSR count). The quantitative estimate of drug-likeness (QED) is 0.360. The van der Waals surface area contributed by atoms with Crippen LogP contribution in [0.2, 0.25) is 0 Å². The van der Waals surface area contributed by atoms with Gasteiger partial charge in [-0.3, -0.25) is 4.79 Å². The molecular weight excluding hydrogens is 470 g/mol. The van der Waals surface area contributed by atoms with Crippen LogP contribution in [0.1, 0.15) is 45.2 Å². The van der Waals surface area contributed by atoms with Crippen LogP contribution in [0, 0.1) is 0 Å². The number of carbonyl (C=O) groups excluding carboxylic acids is 2. The van der Waals surface area contributed by atoms with E-state index in [0.717, 1.165) is 17.7 Å². The van der Waals surface area contributed by atoms with Crippen LogP contribution in [0.15, 0.2) is 45.6 Å². The molecule has 0 aromatic heterocycles. The summed E-state index contributed by atoms with van der Waals surface area (Å²) in [4.78, 5) is 32.6. The minimum absolute atomic E-state index is 0.0711. The maximum Gasteiger partial charge on any atom is 0.338 e. The number of fused-ring (bicyclic) bond motifs is 1. The fourth-order valence-electron chi connectivity index (χ4n) is 3.86. The van der Waals surface area contributed by atoms with Gasteiger partial charge in [0.2, 0.25) is 5.91 Å². The van der Waals surface area contributed by atoms with E-state index in [2.05, 4.69) is 10.3 Å². The van der Waals surface area contributed by atoms with E-state index >= 15 is 0 Å². The number of thioether (sulfide) groups is 1. The average Bonchev–Trinajstić information content (AvgIpc) is 3.24. The molecule has 35 heavy (non-hydrogen) atoms. The molecule has 0 fully saturated rings. The monoisotopic (exact) mass is 503 g/mol. The third kappa shape index (κ3) is 5.99. The molecule has 1 aromatic carbocycles. The number of rotatable bonds is 11. The zero-order valence-corrected chi connectivity index (χ0v) is 21.9. The van der Waals surface area contributed by atoms with Crippen molar-refractivity contribution in [1.29, 1.82) is 0 Å². The molecule has 1 amide bonds. The van der Waals surface area contributed by atoms with E-state index in [-0.39, 0.29) is 31.6 Å². The van der Waals surface area contributed by atoms with E-state index < -0.39 is 12.0 Å². The van der Waals surface area contributed by atoms with Crippen molar-refractivity contribution in [3.8, 4) is 11.5 Å². The molecule has 10 heteroatoms. The summed E-state index contributed by atoms with van der Waals surface area (Å²) < 4.78 is 21.4. The lowest BCUT2D eigenvalue weighted by Crippen LogP contribution is -2.39. The molecule has 0 unspecified atom stereocenters. The Morgan fingerprint density at radius 3 is 2.57 bits per heavy atom. The highest BCUT2D eigenvalue weighted by Crippen LogP contribution is 2.46. The van der Waals surface area contributed by atoms with Gasteiger partial charge >= 0.3 is 5.97 Å². The lowest BCUT2D eigenvalue weighted by molar-refractivity contribution is -0.141. The number of hydrogen-bond acceptors (Lipinski definition) is 9. The SMILES string of the molecule is CC[C@@H](C)NC(=O)CC1=CSC2=NC(C)=C(C(=O)OCCOC)[C@@H](c3ccc(OC)c(OC)c3)N12. The van der Waals surface area contributed by atoms with Crippen molar-refractivity contribution >= 4 is 28.8 Å². The summed E-state index contributed by atoms with van der Waals surface area (Å²) in [6, 6.07) is 5.02. The van der Waals surface area contributed by atoms with Crippen molar-refractivity contribution in [2.24, 2.45) is 4.99 Å². The van der Waals surface area contributed by atoms with Crippen LogP contribution in [-0.2, 0) is 19.1 Å². The van der Waals surface area contributed by atoms with Gasteiger partial charge in [-0.15, -0.1) is 0 Å². The van der Waals surface area contributed by atoms with Crippen LogP contribution < -0.4 is 14.8 Å². The Balaban J connectivity index is 2.03. The summed E-state index contributed by atoms with van der Waals surface area (Å²) >= 11 is 1.43. The molecule has 2 heterocycles. The van der Waals surface area contributed by atoms with Gasteiger partial charge in [0.25, 0.3) is 0 Å². The van der Waals surface area contributed by atoms with E-state index in [1.807, 2.05) is 36.3 Å². The molecule has 0 aliphatic carbocycles. The third-order valence-corrected chi connectivity index (χ3v) is 6.71. The van der Waals surface area contributed by atoms with E-state index in [0.29, 0.717) is 27.9 Å². The molecular formula is C25H33N3O6S. The van der Waals surface area contributed by atoms with Crippen molar-refractivity contribution in [3.63, 3.8) is 0 Å². The van der Waals surface area contributed by atoms with Gasteiger partial charge in [-0.2, -0.15) is 0 Å². The van der Waals surface area contributed by atoms with Crippen molar-refractivity contribution in [2.75, 3.05) is 34.5 Å². The van der Waals surface area contributed by atoms with Crippen molar-refractivity contribution in [1.82, 2.24) is 10.2 Å². The summed E-state index contributed by atoms with van der Waals surface area (Å²) in [7, 11) is 4.68. The number of nitrogens with zero attached hydrogens (tertiary/aromatic N) is 2. The zero-order chi connectivity index (χ0) is 25.5. The largest absolute Gasteiger partial charge is 0.493 e. The second-order valence-electron chi connectivity index (χ2n) is 8.19. The van der Waals surface area contributed by atoms with Crippen molar-refractivity contribution in [2.45, 2.75) is 45.7 Å². The van der Waals surface area contributed by atoms with Gasteiger partial charge in [-0.25, -0.2) is 9.79 Å². The highest BCUT2D eigenvalue weighted by Gasteiger charge is 2.41. The van der Waals surface area contributed by atoms with E-state index in [1.165, 1.54) is 11.8 Å². The molecule has 2 atom stereocenters. The summed E-state index contributed by atoms with van der Waals surface area (Å²) in [5.74, 6) is 0.535. The number of hydrogen-bond donors (Lipinski definition) is 1. The maximum absolute atomic E-state index is 13.3. The number of methoxy groups -OCH3 is 3. The summed E-state index contributed by atoms with van der Waals surface area (Å²) in [6.07, 6.45) is 0.995. The van der Waals surface area contributed by atoms with Crippen LogP contribution in [0.25, 0.3) is 0 Å². The molecule has 190 valence electrons. The smallest absolute Gasteiger partial charge is 0.338 e. The fraction of sp³-hybridized carbons (Fsp3) is 0.480. The number of benzene rings is 1. The molecule has 2 aliphatic heterocycles. The van der Waals surface area contributed by atoms with Crippen molar-refractivity contribution in [3.05, 3.63) is 46.1 Å². The number of allylic oxidation sites excluding steroid dienone is 1. The third-order valence-electron chi connectivity index (χ3n) is 5.83. The molecule has 0 bridgehead atoms. The highest BCUT2D eigenvalue weighted by molar-refractivity contribution is 8.16. The van der Waals surface area contributed by atoms with Gasteiger partial charge < -0.3 is 29.2 Å². The molecule has 2 aliphatic rings. The Bertz CT molecular complexity index is 1050. The Morgan fingerprint density at radius 1 is 1.17 bits per heavy atom. The predicted octanol–water partition coefficient (Wildman–Crippen LogP) is 3.77. The first-order chi connectivity index (χ1) is 16.8. The number of nitrogens with one attached hydrogen (secondary N) is 1. The van der Waals surface area contributed by atoms with Gasteiger partial charge in [0.1, 0.15) is 6.61 Å². The fourth-order valence-corrected chi connectivity index (χ4v) is 4.82. The van der Waals surface area contributed by atoms with Crippen LogP contribution >= 0.6 is 11.8 Å². The number of aliphatic imine (C=N–C) groups is 1. The van der Waals surface area contributed by atoms with Crippen LogP contribution in [0.5, 0.6) is 11.5 Å². The molecule has 1 aromatic rings. The molecule has 0 radical (unpaired) electrons. The van der Waals surface area contributed by atoms with Crippen LogP contribution in [-0.4, -0.2) is 62.5 Å². The molecule has 9 nitrogen and oxygen atoms in total. The van der Waals surface area contributed by atoms with E-state index in [9.17, 15) is 9.59 Å². The Hall–Kier alpha value is -2.98. The maximum atomic E-state index is 13.3. The minimum atomic E-state index is -0.560. The van der Waals surface area contributed by atoms with Gasteiger partial charge in [0, 0.05) is 18.8 Å². The molecule has 0 spiro atoms. The Kier molecular flexibility index (Phi) is 9.22. The number of amides is 1. The number of ether oxygens (including phenoxy) is 4. The number of carbonyl (C=O) groups is 2. The zero-order valence-electron chi connectivity index (χ0n) is 21.0. The summed E-state index contributed by atoms with van der Waals surface area (Å²) in [5.41, 5.74) is 2.49. The first-order valence-electron chi connectivity index (χ1n) is 11.5. The minimum Gasteiger partial charge on any atom is -0.493 e. The standard InChI is InChI=1S/C25H33N3O6S/c1-7-15(2)26-21(29)13-18-14-35-25-27-16(3)22(24(30)34-11-10-31-4)23(28(18)25)17-8-9-19(32-5)20(12-17)33-6/h8-9,12,14-15,23H,7,10-11,13H2,1-6H3,(H,26,29)/t15-,23-/m1/s1. The van der Waals surface area contributed by atoms with Gasteiger partial charge in [0.15, 0.2) is 16.7 Å². The summed E-state index contributed by atoms with van der Waals surface area (Å²) in [5, 5.41) is 5.62. The highest BCUT2D eigenvalue weighted by atomic mass is 32.2. The summed E-state index contributed by atoms with van der Waals surface area (Å²) in [6.45, 7) is 6.19. The Labute approximate surface area is 210 Å². The van der Waals surface area contributed by atoms with Gasteiger partial charge in [-0.05, 0) is 43.4 Å². The molecule has 0 saturated heterocycles. The second-order valence-corrected chi connectivity index (χ2v) is 9.03. The van der Waals surface area contributed by atoms with Crippen LogP contribution in [0.4, 0.5) is 0 Å². The van der Waals surface area contributed by atoms with Crippen molar-refractivity contribution < 1.29 is 28.5 Å². The number of amidine groups is 1. The Morgan fingerprint density at radius 2 is 1.91 bits per heavy atom. The lowest BCUT2D eigenvalue weighted by atomic mass is 9.93. The normalized spacial score (nSPS) is 17.9. The predicted molar refractivity (Wildman–Crippen MR) is 135 cm³/mol. The average molecular weight is 504 g/mol. The topological polar surface area (TPSA) is 98.7 Å². The first-order valence-corrected chi connectivity index (χ1v) is 12.3. The van der Waals surface area contributed by atoms with Gasteiger partial charge in [0.05, 0.1) is 44.6 Å².